The molecule has 1 aromatic carbocycles. The summed E-state index contributed by atoms with van der Waals surface area (Å²) in [5, 5.41) is 4.57. The minimum atomic E-state index is 0.155. The van der Waals surface area contributed by atoms with E-state index in [0.717, 1.165) is 16.7 Å². The maximum atomic E-state index is 5.65. The number of aliphatic imine (C=N–C) groups is 1. The van der Waals surface area contributed by atoms with Crippen LogP contribution in [0.1, 0.15) is 25.5 Å². The minimum absolute atomic E-state index is 0.155. The van der Waals surface area contributed by atoms with Crippen LogP contribution < -0.4 is 10.1 Å². The fourth-order valence-corrected chi connectivity index (χ4v) is 3.48. The van der Waals surface area contributed by atoms with Crippen LogP contribution in [0.5, 0.6) is 5.75 Å². The quantitative estimate of drug-likeness (QED) is 0.890. The molecule has 0 spiro atoms. The molecule has 1 aromatic rings. The predicted octanol–water partition coefficient (Wildman–Crippen LogP) is 2.84. The lowest BCUT2D eigenvalue weighted by atomic mass is 10.1. The highest BCUT2D eigenvalue weighted by Gasteiger charge is 2.27. The van der Waals surface area contributed by atoms with Crippen molar-refractivity contribution < 1.29 is 4.74 Å². The van der Waals surface area contributed by atoms with Gasteiger partial charge in [-0.25, -0.2) is 0 Å². The van der Waals surface area contributed by atoms with Crippen LogP contribution in [-0.4, -0.2) is 23.6 Å². The lowest BCUT2D eigenvalue weighted by Gasteiger charge is -2.13. The molecule has 3 nitrogen and oxygen atoms in total. The molecule has 1 saturated heterocycles. The molecular formula is C14H18N2OS. The Labute approximate surface area is 112 Å². The number of rotatable bonds is 2. The van der Waals surface area contributed by atoms with Gasteiger partial charge in [-0.3, -0.25) is 4.99 Å². The zero-order valence-corrected chi connectivity index (χ0v) is 11.5. The van der Waals surface area contributed by atoms with Gasteiger partial charge in [0, 0.05) is 17.4 Å². The second-order valence-electron chi connectivity index (χ2n) is 5.10. The fourth-order valence-electron chi connectivity index (χ4n) is 2.24. The molecule has 0 aromatic heterocycles. The van der Waals surface area contributed by atoms with Gasteiger partial charge in [-0.15, -0.1) is 0 Å². The Balaban J connectivity index is 1.75. The number of fused-ring (bicyclic) bond motifs is 1. The van der Waals surface area contributed by atoms with Crippen molar-refractivity contribution in [2.75, 3.05) is 12.4 Å². The summed E-state index contributed by atoms with van der Waals surface area (Å²) in [5.74, 6) is 2.75. The van der Waals surface area contributed by atoms with Gasteiger partial charge in [0.2, 0.25) is 0 Å². The van der Waals surface area contributed by atoms with Crippen LogP contribution in [0.15, 0.2) is 29.3 Å². The topological polar surface area (TPSA) is 33.6 Å². The third-order valence-electron chi connectivity index (χ3n) is 3.46. The minimum Gasteiger partial charge on any atom is -0.491 e. The summed E-state index contributed by atoms with van der Waals surface area (Å²) in [6.45, 7) is 5.15. The first-order valence-electron chi connectivity index (χ1n) is 6.43. The van der Waals surface area contributed by atoms with Gasteiger partial charge in [0.05, 0.1) is 0 Å². The van der Waals surface area contributed by atoms with Gasteiger partial charge >= 0.3 is 0 Å². The van der Waals surface area contributed by atoms with Crippen LogP contribution in [0, 0.1) is 5.92 Å². The Kier molecular flexibility index (Phi) is 3.20. The second-order valence-corrected chi connectivity index (χ2v) is 6.11. The number of nitrogens with one attached hydrogen (secondary N) is 1. The van der Waals surface area contributed by atoms with Gasteiger partial charge in [-0.2, -0.15) is 0 Å². The molecule has 96 valence electrons. The summed E-state index contributed by atoms with van der Waals surface area (Å²) >= 11 is 1.82. The third-order valence-corrected chi connectivity index (χ3v) is 4.48. The largest absolute Gasteiger partial charge is 0.491 e. The van der Waals surface area contributed by atoms with E-state index in [9.17, 15) is 0 Å². The van der Waals surface area contributed by atoms with E-state index in [1.165, 1.54) is 5.56 Å². The highest BCUT2D eigenvalue weighted by atomic mass is 32.2. The van der Waals surface area contributed by atoms with Crippen molar-refractivity contribution in [3.05, 3.63) is 29.8 Å². The summed E-state index contributed by atoms with van der Waals surface area (Å²) < 4.78 is 5.65. The molecule has 0 saturated carbocycles. The Morgan fingerprint density at radius 3 is 3.00 bits per heavy atom. The van der Waals surface area contributed by atoms with Gasteiger partial charge in [0.1, 0.15) is 18.4 Å². The first-order valence-corrected chi connectivity index (χ1v) is 7.41. The maximum Gasteiger partial charge on any atom is 0.157 e. The van der Waals surface area contributed by atoms with Crippen LogP contribution >= 0.6 is 11.8 Å². The molecule has 2 heterocycles. The highest BCUT2D eigenvalue weighted by molar-refractivity contribution is 8.14. The molecule has 0 amide bonds. The van der Waals surface area contributed by atoms with Gasteiger partial charge in [0.25, 0.3) is 0 Å². The highest BCUT2D eigenvalue weighted by Crippen LogP contribution is 2.35. The molecule has 2 aliphatic rings. The summed E-state index contributed by atoms with van der Waals surface area (Å²) in [6.07, 6.45) is 0. The molecular weight excluding hydrogens is 244 g/mol. The van der Waals surface area contributed by atoms with E-state index >= 15 is 0 Å². The van der Waals surface area contributed by atoms with Crippen molar-refractivity contribution in [2.45, 2.75) is 25.9 Å². The normalized spacial score (nSPS) is 28.3. The van der Waals surface area contributed by atoms with Crippen LogP contribution in [0.2, 0.25) is 0 Å². The van der Waals surface area contributed by atoms with Crippen molar-refractivity contribution in [3.8, 4) is 5.75 Å². The molecule has 0 radical (unpaired) electrons. The molecule has 1 N–H and O–H groups in total. The molecule has 1 fully saturated rings. The number of amidine groups is 1. The summed E-state index contributed by atoms with van der Waals surface area (Å²) in [4.78, 5) is 4.79. The van der Waals surface area contributed by atoms with E-state index in [4.69, 9.17) is 9.73 Å². The van der Waals surface area contributed by atoms with E-state index in [2.05, 4.69) is 25.2 Å². The first-order chi connectivity index (χ1) is 8.74. The Morgan fingerprint density at radius 2 is 2.22 bits per heavy atom. The van der Waals surface area contributed by atoms with Crippen LogP contribution in [0.3, 0.4) is 0 Å². The first kappa shape index (κ1) is 11.9. The average Bonchev–Trinajstić information content (AvgIpc) is 2.98. The fraction of sp³-hybridized carbons (Fsp3) is 0.500. The number of nitrogens with zero attached hydrogens (tertiary/aromatic N) is 1. The second kappa shape index (κ2) is 4.84. The number of para-hydroxylation sites is 1. The van der Waals surface area contributed by atoms with E-state index < -0.39 is 0 Å². The maximum absolute atomic E-state index is 5.65. The zero-order valence-electron chi connectivity index (χ0n) is 10.7. The van der Waals surface area contributed by atoms with Crippen molar-refractivity contribution in [1.29, 1.82) is 0 Å². The molecule has 3 rings (SSSR count). The molecule has 18 heavy (non-hydrogen) atoms. The molecule has 2 atom stereocenters. The standard InChI is InChI=1S/C14H18N2OS/c1-9(2)12-8-18-14(16-12)15-11-7-17-13-6-4-3-5-10(11)13/h3-6,9,11-12H,7-8H2,1-2H3,(H,15,16). The number of thioether (sulfide) groups is 1. The van der Waals surface area contributed by atoms with Gasteiger partial charge in [-0.1, -0.05) is 43.8 Å². The van der Waals surface area contributed by atoms with Crippen molar-refractivity contribution in [1.82, 2.24) is 5.32 Å². The van der Waals surface area contributed by atoms with Crippen molar-refractivity contribution in [2.24, 2.45) is 10.9 Å². The van der Waals surface area contributed by atoms with Crippen LogP contribution in [0.25, 0.3) is 0 Å². The monoisotopic (exact) mass is 262 g/mol. The van der Waals surface area contributed by atoms with Gasteiger partial charge in [0.15, 0.2) is 5.17 Å². The summed E-state index contributed by atoms with van der Waals surface area (Å²) in [6, 6.07) is 8.88. The zero-order chi connectivity index (χ0) is 12.5. The SMILES string of the molecule is CC(C)C1CSC(=NC2COc3ccccc32)N1. The van der Waals surface area contributed by atoms with Crippen LogP contribution in [-0.2, 0) is 0 Å². The molecule has 2 aliphatic heterocycles. The van der Waals surface area contributed by atoms with E-state index in [-0.39, 0.29) is 6.04 Å². The van der Waals surface area contributed by atoms with Crippen molar-refractivity contribution in [3.63, 3.8) is 0 Å². The predicted molar refractivity (Wildman–Crippen MR) is 76.3 cm³/mol. The molecule has 2 unspecified atom stereocenters. The lowest BCUT2D eigenvalue weighted by Crippen LogP contribution is -2.31. The molecule has 4 heteroatoms. The Morgan fingerprint density at radius 1 is 1.39 bits per heavy atom. The Hall–Kier alpha value is -1.16. The van der Waals surface area contributed by atoms with Crippen molar-refractivity contribution >= 4 is 16.9 Å². The van der Waals surface area contributed by atoms with E-state index in [1.54, 1.807) is 0 Å². The lowest BCUT2D eigenvalue weighted by molar-refractivity contribution is 0.334. The van der Waals surface area contributed by atoms with Gasteiger partial charge < -0.3 is 10.1 Å². The van der Waals surface area contributed by atoms with Gasteiger partial charge in [-0.05, 0) is 12.0 Å². The van der Waals surface area contributed by atoms with Crippen LogP contribution in [0.4, 0.5) is 0 Å². The summed E-state index contributed by atoms with van der Waals surface area (Å²) in [5.41, 5.74) is 1.21. The Bertz CT molecular complexity index is 473. The summed E-state index contributed by atoms with van der Waals surface area (Å²) in [7, 11) is 0. The average molecular weight is 262 g/mol. The molecule has 0 aliphatic carbocycles. The van der Waals surface area contributed by atoms with E-state index in [1.807, 2.05) is 30.0 Å². The third kappa shape index (κ3) is 2.21. The number of ether oxygens (including phenoxy) is 1. The smallest absolute Gasteiger partial charge is 0.157 e. The number of hydrogen-bond acceptors (Lipinski definition) is 3. The van der Waals surface area contributed by atoms with E-state index in [0.29, 0.717) is 18.6 Å². The molecule has 0 bridgehead atoms. The number of benzene rings is 1. The number of hydrogen-bond donors (Lipinski definition) is 1.